The summed E-state index contributed by atoms with van der Waals surface area (Å²) in [5.74, 6) is -0.398. The molecule has 12 nitrogen and oxygen atoms in total. The number of nitrogen functional groups attached to an aromatic ring is 1. The first-order chi connectivity index (χ1) is 16.5. The Balaban J connectivity index is 1.75. The van der Waals surface area contributed by atoms with E-state index < -0.39 is 48.3 Å². The number of carbonyl (C=O) groups excluding carboxylic acids is 1. The summed E-state index contributed by atoms with van der Waals surface area (Å²) in [6.45, 7) is 4.49. The molecule has 1 aliphatic rings. The first-order valence-corrected chi connectivity index (χ1v) is 13.3. The monoisotopic (exact) mass is 528 g/mol. The van der Waals surface area contributed by atoms with Crippen molar-refractivity contribution in [2.45, 2.75) is 55.7 Å². The first-order valence-electron chi connectivity index (χ1n) is 10.8. The van der Waals surface area contributed by atoms with Crippen molar-refractivity contribution in [2.75, 3.05) is 12.3 Å². The highest BCUT2D eigenvalue weighted by Gasteiger charge is 2.45. The van der Waals surface area contributed by atoms with E-state index in [-0.39, 0.29) is 24.3 Å². The summed E-state index contributed by atoms with van der Waals surface area (Å²) in [6, 6.07) is 8.58. The molecule has 1 aromatic heterocycles. The molecule has 0 saturated carbocycles. The zero-order chi connectivity index (χ0) is 25.8. The van der Waals surface area contributed by atoms with Gasteiger partial charge in [0.15, 0.2) is 0 Å². The number of ether oxygens (including phenoxy) is 1. The summed E-state index contributed by atoms with van der Waals surface area (Å²) in [4.78, 5) is 28.1. The number of para-hydroxylation sites is 1. The number of anilines is 1. The lowest BCUT2D eigenvalue weighted by Gasteiger charge is -2.25. The van der Waals surface area contributed by atoms with Crippen molar-refractivity contribution in [3.05, 3.63) is 53.1 Å². The van der Waals surface area contributed by atoms with Gasteiger partial charge in [0, 0.05) is 6.20 Å². The lowest BCUT2D eigenvalue weighted by molar-refractivity contribution is -0.149. The summed E-state index contributed by atoms with van der Waals surface area (Å²) in [5.41, 5.74) is 4.83. The highest BCUT2D eigenvalue weighted by atomic mass is 32.2. The number of hydrogen-bond donors (Lipinski definition) is 4. The van der Waals surface area contributed by atoms with Crippen molar-refractivity contribution in [2.24, 2.45) is 0 Å². The second-order valence-corrected chi connectivity index (χ2v) is 11.2. The van der Waals surface area contributed by atoms with Gasteiger partial charge in [0.1, 0.15) is 29.1 Å². The van der Waals surface area contributed by atoms with Crippen LogP contribution < -0.4 is 21.0 Å². The Labute approximate surface area is 206 Å². The Morgan fingerprint density at radius 1 is 1.23 bits per heavy atom. The molecule has 0 aliphatic carbocycles. The average molecular weight is 529 g/mol. The molecule has 2 aromatic rings. The molecule has 1 unspecified atom stereocenters. The zero-order valence-corrected chi connectivity index (χ0v) is 21.1. The van der Waals surface area contributed by atoms with Crippen molar-refractivity contribution in [1.82, 2.24) is 14.6 Å². The summed E-state index contributed by atoms with van der Waals surface area (Å²) in [6.07, 6.45) is -1.66. The van der Waals surface area contributed by atoms with Crippen LogP contribution in [0.25, 0.3) is 0 Å². The van der Waals surface area contributed by atoms with E-state index in [1.807, 2.05) is 0 Å². The van der Waals surface area contributed by atoms with E-state index in [9.17, 15) is 24.4 Å². The van der Waals surface area contributed by atoms with E-state index in [1.54, 1.807) is 44.2 Å². The third-order valence-corrected chi connectivity index (χ3v) is 8.09. The number of benzene rings is 1. The molecule has 1 aromatic carbocycles. The van der Waals surface area contributed by atoms with Crippen LogP contribution in [0.2, 0.25) is 0 Å². The third kappa shape index (κ3) is 7.06. The van der Waals surface area contributed by atoms with Gasteiger partial charge in [0.05, 0.1) is 24.1 Å². The summed E-state index contributed by atoms with van der Waals surface area (Å²) in [7, 11) is -4.16. The Morgan fingerprint density at radius 3 is 2.54 bits per heavy atom. The fraction of sp³-hybridized carbons (Fsp3) is 0.476. The van der Waals surface area contributed by atoms with Crippen molar-refractivity contribution in [1.29, 1.82) is 0 Å². The van der Waals surface area contributed by atoms with E-state index in [1.165, 1.54) is 19.2 Å². The van der Waals surface area contributed by atoms with Gasteiger partial charge in [-0.2, -0.15) is 10.1 Å². The van der Waals surface area contributed by atoms with E-state index in [4.69, 9.17) is 19.5 Å². The molecule has 1 saturated heterocycles. The van der Waals surface area contributed by atoms with Gasteiger partial charge in [-0.1, -0.05) is 18.2 Å². The summed E-state index contributed by atoms with van der Waals surface area (Å²) in [5, 5.41) is 22.0. The number of aliphatic hydroxyl groups is 2. The number of hydrogen-bond acceptors (Lipinski definition) is 11. The van der Waals surface area contributed by atoms with Crippen LogP contribution in [0.4, 0.5) is 5.82 Å². The molecular weight excluding hydrogens is 499 g/mol. The van der Waals surface area contributed by atoms with Gasteiger partial charge < -0.3 is 25.2 Å². The summed E-state index contributed by atoms with van der Waals surface area (Å²) >= 11 is 1.04. The predicted octanol–water partition coefficient (Wildman–Crippen LogP) is 1.29. The smallest absolute Gasteiger partial charge is 0.459 e. The topological polar surface area (TPSA) is 175 Å². The van der Waals surface area contributed by atoms with Crippen LogP contribution in [-0.4, -0.2) is 61.9 Å². The van der Waals surface area contributed by atoms with Crippen LogP contribution in [0.5, 0.6) is 5.75 Å². The molecule has 5 N–H and O–H groups in total. The molecule has 35 heavy (non-hydrogen) atoms. The van der Waals surface area contributed by atoms with Gasteiger partial charge in [-0.15, -0.1) is 11.8 Å². The van der Waals surface area contributed by atoms with E-state index in [0.29, 0.717) is 0 Å². The lowest BCUT2D eigenvalue weighted by Crippen LogP contribution is -2.38. The molecule has 3 rings (SSSR count). The lowest BCUT2D eigenvalue weighted by atomic mass is 10.1. The van der Waals surface area contributed by atoms with E-state index >= 15 is 0 Å². The maximum absolute atomic E-state index is 13.6. The average Bonchev–Trinajstić information content (AvgIpc) is 3.06. The minimum atomic E-state index is -4.16. The van der Waals surface area contributed by atoms with Gasteiger partial charge in [-0.3, -0.25) is 13.9 Å². The van der Waals surface area contributed by atoms with Crippen molar-refractivity contribution in [3.8, 4) is 5.75 Å². The quantitative estimate of drug-likeness (QED) is 0.257. The van der Waals surface area contributed by atoms with Gasteiger partial charge in [-0.05, 0) is 39.0 Å². The van der Waals surface area contributed by atoms with Gasteiger partial charge in [0.25, 0.3) is 0 Å². The number of aliphatic hydroxyl groups excluding tert-OH is 2. The van der Waals surface area contributed by atoms with E-state index in [0.717, 1.165) is 16.3 Å². The summed E-state index contributed by atoms with van der Waals surface area (Å²) < 4.78 is 31.0. The number of nitrogens with one attached hydrogen (secondary N) is 1. The van der Waals surface area contributed by atoms with Crippen LogP contribution >= 0.6 is 19.5 Å². The SMILES string of the molecule is CC(C)OC(=O)[C@@H](C)NP(=O)(OC[C@H]1S[C@@H](n2ccc(N)nc2=O)[C@@H](O)[C@@H]1O)Oc1ccccc1. The fourth-order valence-corrected chi connectivity index (χ4v) is 6.28. The molecule has 0 amide bonds. The minimum Gasteiger partial charge on any atom is -0.462 e. The largest absolute Gasteiger partial charge is 0.462 e. The number of aromatic nitrogens is 2. The molecule has 14 heteroatoms. The van der Waals surface area contributed by atoms with Crippen LogP contribution in [0.3, 0.4) is 0 Å². The number of rotatable bonds is 10. The maximum Gasteiger partial charge on any atom is 0.459 e. The van der Waals surface area contributed by atoms with Gasteiger partial charge in [0.2, 0.25) is 0 Å². The molecule has 0 radical (unpaired) electrons. The van der Waals surface area contributed by atoms with Crippen molar-refractivity contribution < 1.29 is 33.4 Å². The highest BCUT2D eigenvalue weighted by molar-refractivity contribution is 8.00. The first kappa shape index (κ1) is 27.2. The van der Waals surface area contributed by atoms with Crippen molar-refractivity contribution >= 4 is 31.3 Å². The van der Waals surface area contributed by atoms with Gasteiger partial charge >= 0.3 is 19.4 Å². The fourth-order valence-electron chi connectivity index (χ4n) is 3.22. The standard InChI is InChI=1S/C21H29N4O8PS/c1-12(2)32-20(28)13(3)24-34(30,33-14-7-5-4-6-8-14)31-11-15-17(26)18(27)19(35-15)25-10-9-16(22)23-21(25)29/h4-10,12-13,15,17-19,26-27H,11H2,1-3H3,(H,24,30)(H2,22,23,29)/t13-,15-,17-,18+,19-,34?/m1/s1. The van der Waals surface area contributed by atoms with Crippen molar-refractivity contribution in [3.63, 3.8) is 0 Å². The number of carbonyl (C=O) groups is 1. The number of thioether (sulfide) groups is 1. The number of esters is 1. The second kappa shape index (κ2) is 11.5. The second-order valence-electron chi connectivity index (χ2n) is 8.12. The Kier molecular flexibility index (Phi) is 8.97. The molecule has 1 fully saturated rings. The van der Waals surface area contributed by atoms with Gasteiger partial charge in [-0.25, -0.2) is 9.36 Å². The molecule has 6 atom stereocenters. The Bertz CT molecular complexity index is 1120. The number of nitrogens with two attached hydrogens (primary N) is 1. The van der Waals surface area contributed by atoms with E-state index in [2.05, 4.69) is 10.1 Å². The highest BCUT2D eigenvalue weighted by Crippen LogP contribution is 2.48. The maximum atomic E-state index is 13.6. The number of nitrogens with zero attached hydrogens (tertiary/aromatic N) is 2. The Hall–Kier alpha value is -2.41. The van der Waals surface area contributed by atoms with Crippen LogP contribution in [0, 0.1) is 0 Å². The molecular formula is C21H29N4O8PS. The predicted molar refractivity (Wildman–Crippen MR) is 130 cm³/mol. The normalized spacial score (nSPS) is 24.6. The van der Waals surface area contributed by atoms with Crippen LogP contribution in [-0.2, 0) is 18.6 Å². The van der Waals surface area contributed by atoms with Crippen LogP contribution in [0.15, 0.2) is 47.4 Å². The molecule has 1 aliphatic heterocycles. The van der Waals surface area contributed by atoms with Crippen LogP contribution in [0.1, 0.15) is 26.1 Å². The molecule has 192 valence electrons. The molecule has 0 spiro atoms. The minimum absolute atomic E-state index is 0.0272. The third-order valence-electron chi connectivity index (χ3n) is 4.90. The molecule has 2 heterocycles. The Morgan fingerprint density at radius 2 is 1.91 bits per heavy atom. The molecule has 0 bridgehead atoms. The zero-order valence-electron chi connectivity index (χ0n) is 19.4.